The molecule has 0 aliphatic carbocycles. The second-order valence-electron chi connectivity index (χ2n) is 2.60. The van der Waals surface area contributed by atoms with E-state index in [1.165, 1.54) is 0 Å². The molecule has 0 amide bonds. The first-order valence-corrected chi connectivity index (χ1v) is 5.06. The monoisotopic (exact) mass is 299 g/mol. The zero-order chi connectivity index (χ0) is 11.6. The average Bonchev–Trinajstić information content (AvgIpc) is 2.16. The van der Waals surface area contributed by atoms with Crippen LogP contribution in [0, 0.1) is 0 Å². The highest BCUT2D eigenvalue weighted by Gasteiger charge is 2.19. The maximum atomic E-state index is 12.3. The first kappa shape index (κ1) is 12.3. The van der Waals surface area contributed by atoms with Gasteiger partial charge in [0.1, 0.15) is 10.3 Å². The van der Waals surface area contributed by atoms with Crippen molar-refractivity contribution in [1.82, 2.24) is 4.98 Å². The molecule has 1 aromatic heterocycles. The quantitative estimate of drug-likeness (QED) is 0.689. The van der Waals surface area contributed by atoms with Crippen LogP contribution in [0.25, 0.3) is 0 Å². The largest absolute Gasteiger partial charge is 0.478 e. The van der Waals surface area contributed by atoms with Gasteiger partial charge in [-0.15, -0.1) is 11.6 Å². The van der Waals surface area contributed by atoms with Crippen LogP contribution in [0.15, 0.2) is 10.7 Å². The van der Waals surface area contributed by atoms with Crippen molar-refractivity contribution in [2.45, 2.75) is 12.3 Å². The summed E-state index contributed by atoms with van der Waals surface area (Å²) in [4.78, 5) is 14.3. The number of hydrogen-bond donors (Lipinski definition) is 1. The molecule has 82 valence electrons. The Hall–Kier alpha value is -0.750. The van der Waals surface area contributed by atoms with Crippen LogP contribution in [0.2, 0.25) is 0 Å². The molecule has 0 fully saturated rings. The number of alkyl halides is 3. The van der Waals surface area contributed by atoms with Crippen LogP contribution >= 0.6 is 27.5 Å². The predicted molar refractivity (Wildman–Crippen MR) is 53.4 cm³/mol. The van der Waals surface area contributed by atoms with Crippen LogP contribution < -0.4 is 0 Å². The molecule has 7 heteroatoms. The summed E-state index contributed by atoms with van der Waals surface area (Å²) in [5.74, 6) is -1.42. The van der Waals surface area contributed by atoms with Crippen LogP contribution in [0.4, 0.5) is 8.78 Å². The summed E-state index contributed by atoms with van der Waals surface area (Å²) in [6.45, 7) is 0. The van der Waals surface area contributed by atoms with Gasteiger partial charge in [0.25, 0.3) is 6.43 Å². The minimum Gasteiger partial charge on any atom is -0.478 e. The van der Waals surface area contributed by atoms with Gasteiger partial charge in [0.05, 0.1) is 11.4 Å². The number of pyridine rings is 1. The van der Waals surface area contributed by atoms with E-state index in [1.54, 1.807) is 0 Å². The third-order valence-electron chi connectivity index (χ3n) is 1.68. The van der Waals surface area contributed by atoms with Crippen molar-refractivity contribution in [1.29, 1.82) is 0 Å². The topological polar surface area (TPSA) is 50.2 Å². The maximum absolute atomic E-state index is 12.3. The highest BCUT2D eigenvalue weighted by atomic mass is 79.9. The fourth-order valence-electron chi connectivity index (χ4n) is 0.989. The normalized spacial score (nSPS) is 10.7. The molecule has 3 nitrogen and oxygen atoms in total. The van der Waals surface area contributed by atoms with Crippen molar-refractivity contribution in [2.24, 2.45) is 0 Å². The molecule has 0 spiro atoms. The summed E-state index contributed by atoms with van der Waals surface area (Å²) in [7, 11) is 0. The molecule has 0 saturated carbocycles. The van der Waals surface area contributed by atoms with Gasteiger partial charge in [-0.25, -0.2) is 18.6 Å². The average molecular weight is 300 g/mol. The summed E-state index contributed by atoms with van der Waals surface area (Å²) in [5, 5.41) is 8.78. The summed E-state index contributed by atoms with van der Waals surface area (Å²) in [6.07, 6.45) is -2.82. The van der Waals surface area contributed by atoms with Crippen molar-refractivity contribution in [3.05, 3.63) is 27.5 Å². The Kier molecular flexibility index (Phi) is 3.98. The molecule has 1 N–H and O–H groups in total. The van der Waals surface area contributed by atoms with Crippen LogP contribution in [-0.4, -0.2) is 16.1 Å². The third-order valence-corrected chi connectivity index (χ3v) is 2.60. The molecule has 0 unspecified atom stereocenters. The second kappa shape index (κ2) is 4.85. The number of hydrogen-bond acceptors (Lipinski definition) is 2. The Labute approximate surface area is 97.2 Å². The third kappa shape index (κ3) is 2.63. The predicted octanol–water partition coefficient (Wildman–Crippen LogP) is 3.22. The van der Waals surface area contributed by atoms with E-state index >= 15 is 0 Å². The first-order valence-electron chi connectivity index (χ1n) is 3.74. The molecule has 0 radical (unpaired) electrons. The molecule has 1 rings (SSSR count). The van der Waals surface area contributed by atoms with Crippen LogP contribution in [-0.2, 0) is 5.88 Å². The van der Waals surface area contributed by atoms with E-state index in [2.05, 4.69) is 20.9 Å². The molecule has 0 saturated heterocycles. The molecule has 0 aliphatic rings. The Bertz CT molecular complexity index is 400. The molecule has 0 bridgehead atoms. The molecule has 0 aromatic carbocycles. The SMILES string of the molecule is O=C(O)c1cc(C(F)F)nc(Br)c1CCl. The van der Waals surface area contributed by atoms with Crippen molar-refractivity contribution >= 4 is 33.5 Å². The lowest BCUT2D eigenvalue weighted by atomic mass is 10.1. The van der Waals surface area contributed by atoms with Gasteiger partial charge in [0.2, 0.25) is 0 Å². The summed E-state index contributed by atoms with van der Waals surface area (Å²) in [5.41, 5.74) is -0.663. The van der Waals surface area contributed by atoms with E-state index in [0.717, 1.165) is 6.07 Å². The molecule has 0 atom stereocenters. The van der Waals surface area contributed by atoms with Crippen molar-refractivity contribution in [3.8, 4) is 0 Å². The number of halogens is 4. The van der Waals surface area contributed by atoms with Crippen molar-refractivity contribution < 1.29 is 18.7 Å². The summed E-state index contributed by atoms with van der Waals surface area (Å²) in [6, 6.07) is 0.829. The number of carbonyl (C=O) groups is 1. The first-order chi connectivity index (χ1) is 6.97. The standard InChI is InChI=1S/C8H5BrClF2NO2/c9-6-4(2-10)3(8(14)15)1-5(13-6)7(11)12/h1,7H,2H2,(H,14,15). The van der Waals surface area contributed by atoms with E-state index in [9.17, 15) is 13.6 Å². The molecular formula is C8H5BrClF2NO2. The number of rotatable bonds is 3. The van der Waals surface area contributed by atoms with Gasteiger partial charge in [-0.1, -0.05) is 0 Å². The zero-order valence-electron chi connectivity index (χ0n) is 7.18. The Balaban J connectivity index is 3.38. The second-order valence-corrected chi connectivity index (χ2v) is 3.62. The van der Waals surface area contributed by atoms with E-state index in [0.29, 0.717) is 0 Å². The summed E-state index contributed by atoms with van der Waals surface area (Å²) < 4.78 is 24.7. The number of nitrogens with zero attached hydrogens (tertiary/aromatic N) is 1. The molecule has 0 aliphatic heterocycles. The smallest absolute Gasteiger partial charge is 0.336 e. The van der Waals surface area contributed by atoms with Gasteiger partial charge < -0.3 is 5.11 Å². The van der Waals surface area contributed by atoms with Gasteiger partial charge >= 0.3 is 5.97 Å². The molecular weight excluding hydrogens is 295 g/mol. The van der Waals surface area contributed by atoms with Gasteiger partial charge in [0.15, 0.2) is 0 Å². The van der Waals surface area contributed by atoms with Crippen molar-refractivity contribution in [2.75, 3.05) is 0 Å². The van der Waals surface area contributed by atoms with Gasteiger partial charge in [-0.2, -0.15) is 0 Å². The van der Waals surface area contributed by atoms with Gasteiger partial charge in [0, 0.05) is 5.56 Å². The lowest BCUT2D eigenvalue weighted by molar-refractivity contribution is 0.0695. The van der Waals surface area contributed by atoms with Gasteiger partial charge in [-0.3, -0.25) is 0 Å². The molecule has 15 heavy (non-hydrogen) atoms. The minimum absolute atomic E-state index is 0.0349. The lowest BCUT2D eigenvalue weighted by Crippen LogP contribution is -2.06. The molecule has 1 aromatic rings. The Morgan fingerprint density at radius 3 is 2.67 bits per heavy atom. The number of carboxylic acids is 1. The minimum atomic E-state index is -2.82. The van der Waals surface area contributed by atoms with E-state index in [1.807, 2.05) is 0 Å². The van der Waals surface area contributed by atoms with E-state index in [4.69, 9.17) is 16.7 Å². The van der Waals surface area contributed by atoms with E-state index in [-0.39, 0.29) is 21.6 Å². The highest BCUT2D eigenvalue weighted by Crippen LogP contribution is 2.26. The fourth-order valence-corrected chi connectivity index (χ4v) is 1.98. The summed E-state index contributed by atoms with van der Waals surface area (Å²) >= 11 is 8.40. The Morgan fingerprint density at radius 2 is 2.27 bits per heavy atom. The Morgan fingerprint density at radius 1 is 1.67 bits per heavy atom. The molecule has 1 heterocycles. The zero-order valence-corrected chi connectivity index (χ0v) is 9.52. The van der Waals surface area contributed by atoms with Crippen LogP contribution in [0.3, 0.4) is 0 Å². The number of aromatic nitrogens is 1. The highest BCUT2D eigenvalue weighted by molar-refractivity contribution is 9.10. The number of aromatic carboxylic acids is 1. The van der Waals surface area contributed by atoms with Gasteiger partial charge in [-0.05, 0) is 22.0 Å². The maximum Gasteiger partial charge on any atom is 0.336 e. The van der Waals surface area contributed by atoms with Crippen LogP contribution in [0.5, 0.6) is 0 Å². The van der Waals surface area contributed by atoms with Crippen molar-refractivity contribution in [3.63, 3.8) is 0 Å². The lowest BCUT2D eigenvalue weighted by Gasteiger charge is -2.07. The fraction of sp³-hybridized carbons (Fsp3) is 0.250. The van der Waals surface area contributed by atoms with E-state index < -0.39 is 18.1 Å². The number of carboxylic acid groups (broad SMARTS) is 1. The van der Waals surface area contributed by atoms with Crippen LogP contribution in [0.1, 0.15) is 28.0 Å².